The van der Waals surface area contributed by atoms with Crippen molar-refractivity contribution in [3.63, 3.8) is 0 Å². The summed E-state index contributed by atoms with van der Waals surface area (Å²) in [5.74, 6) is 1.53. The Hall–Kier alpha value is -0.740. The standard InChI is InChI=1S/C11H18N2OS/c1-9-4-5-12-10(6-9)13-7-11(2,14)8-15-3/h4-6,14H,7-8H2,1-3H3,(H,12,13). The van der Waals surface area contributed by atoms with Gasteiger partial charge in [-0.05, 0) is 37.8 Å². The molecule has 0 aliphatic rings. The molecule has 0 bridgehead atoms. The Bertz CT molecular complexity index is 315. The molecule has 0 radical (unpaired) electrons. The summed E-state index contributed by atoms with van der Waals surface area (Å²) in [4.78, 5) is 4.17. The first kappa shape index (κ1) is 12.3. The third-order valence-electron chi connectivity index (χ3n) is 2.02. The molecule has 15 heavy (non-hydrogen) atoms. The highest BCUT2D eigenvalue weighted by Gasteiger charge is 2.19. The van der Waals surface area contributed by atoms with Crippen LogP contribution < -0.4 is 5.32 Å². The van der Waals surface area contributed by atoms with Gasteiger partial charge in [-0.2, -0.15) is 11.8 Å². The quantitative estimate of drug-likeness (QED) is 0.805. The molecule has 0 saturated carbocycles. The maximum atomic E-state index is 9.93. The lowest BCUT2D eigenvalue weighted by Gasteiger charge is -2.22. The summed E-state index contributed by atoms with van der Waals surface area (Å²) in [7, 11) is 0. The van der Waals surface area contributed by atoms with Crippen LogP contribution in [-0.2, 0) is 0 Å². The van der Waals surface area contributed by atoms with Crippen molar-refractivity contribution in [3.8, 4) is 0 Å². The number of aromatic nitrogens is 1. The average molecular weight is 226 g/mol. The van der Waals surface area contributed by atoms with E-state index in [1.165, 1.54) is 0 Å². The summed E-state index contributed by atoms with van der Waals surface area (Å²) in [6.07, 6.45) is 3.75. The summed E-state index contributed by atoms with van der Waals surface area (Å²) in [5.41, 5.74) is 0.474. The third-order valence-corrected chi connectivity index (χ3v) is 2.93. The number of nitrogens with zero attached hydrogens (tertiary/aromatic N) is 1. The first-order valence-electron chi connectivity index (χ1n) is 4.91. The molecule has 0 fully saturated rings. The molecule has 1 aromatic heterocycles. The van der Waals surface area contributed by atoms with Gasteiger partial charge in [0.2, 0.25) is 0 Å². The molecule has 1 aromatic rings. The molecule has 0 amide bonds. The van der Waals surface area contributed by atoms with Gasteiger partial charge in [-0.3, -0.25) is 0 Å². The van der Waals surface area contributed by atoms with Gasteiger partial charge in [-0.1, -0.05) is 0 Å². The molecular weight excluding hydrogens is 208 g/mol. The van der Waals surface area contributed by atoms with Gasteiger partial charge in [0.15, 0.2) is 0 Å². The van der Waals surface area contributed by atoms with Crippen LogP contribution in [0, 0.1) is 6.92 Å². The van der Waals surface area contributed by atoms with Gasteiger partial charge < -0.3 is 10.4 Å². The van der Waals surface area contributed by atoms with Crippen LogP contribution in [0.5, 0.6) is 0 Å². The molecule has 4 heteroatoms. The monoisotopic (exact) mass is 226 g/mol. The summed E-state index contributed by atoms with van der Waals surface area (Å²) in [5, 5.41) is 13.1. The molecule has 1 unspecified atom stereocenters. The lowest BCUT2D eigenvalue weighted by molar-refractivity contribution is 0.0996. The maximum Gasteiger partial charge on any atom is 0.126 e. The number of thioether (sulfide) groups is 1. The number of aryl methyl sites for hydroxylation is 1. The van der Waals surface area contributed by atoms with Crippen LogP contribution in [0.2, 0.25) is 0 Å². The maximum absolute atomic E-state index is 9.93. The summed E-state index contributed by atoms with van der Waals surface area (Å²) >= 11 is 1.64. The van der Waals surface area contributed by atoms with Gasteiger partial charge in [0.1, 0.15) is 5.82 Å². The second-order valence-corrected chi connectivity index (χ2v) is 4.87. The molecule has 3 nitrogen and oxygen atoms in total. The minimum absolute atomic E-state index is 0.518. The summed E-state index contributed by atoms with van der Waals surface area (Å²) < 4.78 is 0. The molecule has 0 aliphatic heterocycles. The van der Waals surface area contributed by atoms with E-state index in [1.54, 1.807) is 18.0 Å². The Labute approximate surface area is 95.3 Å². The number of aliphatic hydroxyl groups is 1. The molecule has 0 aromatic carbocycles. The van der Waals surface area contributed by atoms with Gasteiger partial charge in [-0.25, -0.2) is 4.98 Å². The minimum Gasteiger partial charge on any atom is -0.387 e. The topological polar surface area (TPSA) is 45.1 Å². The number of pyridine rings is 1. The molecule has 1 atom stereocenters. The van der Waals surface area contributed by atoms with E-state index in [4.69, 9.17) is 0 Å². The molecule has 1 heterocycles. The van der Waals surface area contributed by atoms with Crippen LogP contribution in [0.3, 0.4) is 0 Å². The van der Waals surface area contributed by atoms with E-state index in [1.807, 2.05) is 32.2 Å². The predicted molar refractivity (Wildman–Crippen MR) is 66.5 cm³/mol. The fraction of sp³-hybridized carbons (Fsp3) is 0.545. The number of nitrogens with one attached hydrogen (secondary N) is 1. The zero-order chi connectivity index (χ0) is 11.3. The van der Waals surface area contributed by atoms with Crippen LogP contribution in [0.15, 0.2) is 18.3 Å². The highest BCUT2D eigenvalue weighted by Crippen LogP contribution is 2.12. The van der Waals surface area contributed by atoms with E-state index in [2.05, 4.69) is 10.3 Å². The van der Waals surface area contributed by atoms with E-state index < -0.39 is 5.60 Å². The zero-order valence-electron chi connectivity index (χ0n) is 9.45. The van der Waals surface area contributed by atoms with Crippen LogP contribution in [0.4, 0.5) is 5.82 Å². The normalized spacial score (nSPS) is 14.7. The minimum atomic E-state index is -0.690. The Morgan fingerprint density at radius 1 is 1.60 bits per heavy atom. The van der Waals surface area contributed by atoms with Gasteiger partial charge in [-0.15, -0.1) is 0 Å². The third kappa shape index (κ3) is 4.53. The van der Waals surface area contributed by atoms with E-state index in [0.29, 0.717) is 12.3 Å². The molecule has 0 saturated heterocycles. The SMILES string of the molecule is CSCC(C)(O)CNc1cc(C)ccn1. The van der Waals surface area contributed by atoms with Crippen molar-refractivity contribution in [1.29, 1.82) is 0 Å². The highest BCUT2D eigenvalue weighted by atomic mass is 32.2. The second kappa shape index (κ2) is 5.37. The smallest absolute Gasteiger partial charge is 0.126 e. The van der Waals surface area contributed by atoms with Crippen molar-refractivity contribution in [3.05, 3.63) is 23.9 Å². The average Bonchev–Trinajstić information content (AvgIpc) is 2.15. The Morgan fingerprint density at radius 3 is 2.93 bits per heavy atom. The van der Waals surface area contributed by atoms with Crippen molar-refractivity contribution in [2.75, 3.05) is 23.9 Å². The fourth-order valence-electron chi connectivity index (χ4n) is 1.28. The first-order chi connectivity index (χ1) is 7.03. The number of anilines is 1. The van der Waals surface area contributed by atoms with E-state index in [9.17, 15) is 5.11 Å². The Balaban J connectivity index is 2.49. The van der Waals surface area contributed by atoms with Crippen LogP contribution in [0.1, 0.15) is 12.5 Å². The molecule has 84 valence electrons. The molecule has 1 rings (SSSR count). The van der Waals surface area contributed by atoms with Gasteiger partial charge in [0, 0.05) is 18.5 Å². The molecule has 0 aliphatic carbocycles. The Kier molecular flexibility index (Phi) is 4.42. The molecule has 2 N–H and O–H groups in total. The Morgan fingerprint density at radius 2 is 2.33 bits per heavy atom. The van der Waals surface area contributed by atoms with Crippen molar-refractivity contribution >= 4 is 17.6 Å². The highest BCUT2D eigenvalue weighted by molar-refractivity contribution is 7.98. The van der Waals surface area contributed by atoms with Crippen LogP contribution >= 0.6 is 11.8 Å². The van der Waals surface area contributed by atoms with Gasteiger partial charge >= 0.3 is 0 Å². The second-order valence-electron chi connectivity index (χ2n) is 4.00. The van der Waals surface area contributed by atoms with Crippen LogP contribution in [0.25, 0.3) is 0 Å². The van der Waals surface area contributed by atoms with Crippen molar-refractivity contribution in [2.24, 2.45) is 0 Å². The fourth-order valence-corrected chi connectivity index (χ4v) is 2.00. The van der Waals surface area contributed by atoms with Gasteiger partial charge in [0.05, 0.1) is 5.60 Å². The van der Waals surface area contributed by atoms with E-state index >= 15 is 0 Å². The van der Waals surface area contributed by atoms with Crippen molar-refractivity contribution < 1.29 is 5.11 Å². The summed E-state index contributed by atoms with van der Waals surface area (Å²) in [6, 6.07) is 3.92. The number of hydrogen-bond donors (Lipinski definition) is 2. The summed E-state index contributed by atoms with van der Waals surface area (Å²) in [6.45, 7) is 4.36. The lowest BCUT2D eigenvalue weighted by Crippen LogP contribution is -2.36. The van der Waals surface area contributed by atoms with E-state index in [0.717, 1.165) is 11.4 Å². The first-order valence-corrected chi connectivity index (χ1v) is 6.31. The number of hydrogen-bond acceptors (Lipinski definition) is 4. The molecule has 0 spiro atoms. The van der Waals surface area contributed by atoms with Crippen molar-refractivity contribution in [2.45, 2.75) is 19.4 Å². The van der Waals surface area contributed by atoms with Crippen LogP contribution in [-0.4, -0.2) is 34.2 Å². The van der Waals surface area contributed by atoms with Crippen molar-refractivity contribution in [1.82, 2.24) is 4.98 Å². The van der Waals surface area contributed by atoms with Gasteiger partial charge in [0.25, 0.3) is 0 Å². The largest absolute Gasteiger partial charge is 0.387 e. The molecular formula is C11H18N2OS. The predicted octanol–water partition coefficient (Wildman–Crippen LogP) is 1.92. The zero-order valence-corrected chi connectivity index (χ0v) is 10.3. The van der Waals surface area contributed by atoms with E-state index in [-0.39, 0.29) is 0 Å². The lowest BCUT2D eigenvalue weighted by atomic mass is 10.1. The number of rotatable bonds is 5.